The fourth-order valence-corrected chi connectivity index (χ4v) is 5.05. The molecule has 0 amide bonds. The number of aromatic amines is 1. The van der Waals surface area contributed by atoms with Gasteiger partial charge in [-0.1, -0.05) is 12.1 Å². The summed E-state index contributed by atoms with van der Waals surface area (Å²) in [5.74, 6) is 0.952. The van der Waals surface area contributed by atoms with E-state index in [2.05, 4.69) is 51.0 Å². The van der Waals surface area contributed by atoms with Crippen LogP contribution < -0.4 is 4.90 Å². The summed E-state index contributed by atoms with van der Waals surface area (Å²) < 4.78 is 0. The van der Waals surface area contributed by atoms with Crippen LogP contribution in [0.1, 0.15) is 36.0 Å². The Bertz CT molecular complexity index is 1030. The number of aliphatic hydroxyl groups excluding tert-OH is 1. The van der Waals surface area contributed by atoms with E-state index in [0.717, 1.165) is 68.0 Å². The van der Waals surface area contributed by atoms with Crippen molar-refractivity contribution in [1.82, 2.24) is 24.8 Å². The predicted octanol–water partition coefficient (Wildman–Crippen LogP) is 2.58. The molecule has 0 saturated carbocycles. The maximum atomic E-state index is 9.77. The summed E-state index contributed by atoms with van der Waals surface area (Å²) >= 11 is 0. The second-order valence-corrected chi connectivity index (χ2v) is 8.80. The molecule has 1 aliphatic heterocycles. The minimum atomic E-state index is 0.130. The summed E-state index contributed by atoms with van der Waals surface area (Å²) in [6.07, 6.45) is 5.19. The molecule has 1 aromatic carbocycles. The van der Waals surface area contributed by atoms with Gasteiger partial charge in [0.15, 0.2) is 0 Å². The Kier molecular flexibility index (Phi) is 5.89. The number of para-hydroxylation sites is 1. The summed E-state index contributed by atoms with van der Waals surface area (Å²) in [6.45, 7) is 5.63. The third kappa shape index (κ3) is 4.18. The van der Waals surface area contributed by atoms with E-state index < -0.39 is 0 Å². The van der Waals surface area contributed by atoms with Crippen molar-refractivity contribution < 1.29 is 5.11 Å². The van der Waals surface area contributed by atoms with E-state index >= 15 is 0 Å². The second kappa shape index (κ2) is 8.94. The number of hydrogen-bond donors (Lipinski definition) is 2. The van der Waals surface area contributed by atoms with Crippen LogP contribution in [0.4, 0.5) is 5.69 Å². The topological polar surface area (TPSA) is 71.5 Å². The molecule has 2 N–H and O–H groups in total. The molecule has 5 rings (SSSR count). The number of nitrogens with zero attached hydrogens (tertiary/aromatic N) is 5. The number of H-pyrrole nitrogens is 1. The van der Waals surface area contributed by atoms with Gasteiger partial charge in [-0.15, -0.1) is 0 Å². The van der Waals surface area contributed by atoms with E-state index in [1.165, 1.54) is 11.3 Å². The number of aliphatic hydroxyl groups is 1. The molecule has 2 aliphatic rings. The smallest absolute Gasteiger partial charge is 0.121 e. The highest BCUT2D eigenvalue weighted by molar-refractivity contribution is 5.89. The van der Waals surface area contributed by atoms with Gasteiger partial charge < -0.3 is 19.9 Å². The maximum Gasteiger partial charge on any atom is 0.121 e. The first-order chi connectivity index (χ1) is 15.2. The number of piperazine rings is 1. The van der Waals surface area contributed by atoms with Gasteiger partial charge in [-0.3, -0.25) is 9.88 Å². The fourth-order valence-electron chi connectivity index (χ4n) is 5.05. The molecule has 0 unspecified atom stereocenters. The third-order valence-corrected chi connectivity index (χ3v) is 6.73. The number of imidazole rings is 1. The van der Waals surface area contributed by atoms with Gasteiger partial charge in [0.2, 0.25) is 0 Å². The first-order valence-corrected chi connectivity index (χ1v) is 11.4. The van der Waals surface area contributed by atoms with Gasteiger partial charge in [-0.05, 0) is 50.1 Å². The molecule has 0 radical (unpaired) electrons. The molecule has 7 heteroatoms. The molecule has 31 heavy (non-hydrogen) atoms. The van der Waals surface area contributed by atoms with E-state index in [-0.39, 0.29) is 12.6 Å². The molecule has 3 heterocycles. The number of anilines is 1. The molecule has 2 aromatic heterocycles. The lowest BCUT2D eigenvalue weighted by molar-refractivity contribution is 0.126. The van der Waals surface area contributed by atoms with Crippen molar-refractivity contribution in [2.75, 3.05) is 51.3 Å². The SMILES string of the molecule is CN1CCN(c2cccc3[nH]c(CN(CCO)[C@H]4CCCc5cccnc54)nc23)CC1. The van der Waals surface area contributed by atoms with Crippen LogP contribution in [-0.4, -0.2) is 76.2 Å². The zero-order chi connectivity index (χ0) is 21.2. The summed E-state index contributed by atoms with van der Waals surface area (Å²) in [7, 11) is 2.18. The van der Waals surface area contributed by atoms with Gasteiger partial charge in [-0.2, -0.15) is 0 Å². The molecular formula is C24H32N6O. The molecule has 0 bridgehead atoms. The average Bonchev–Trinajstić information content (AvgIpc) is 3.22. The molecule has 0 spiro atoms. The highest BCUT2D eigenvalue weighted by Crippen LogP contribution is 2.34. The first-order valence-electron chi connectivity index (χ1n) is 11.4. The van der Waals surface area contributed by atoms with Crippen molar-refractivity contribution in [3.63, 3.8) is 0 Å². The summed E-state index contributed by atoms with van der Waals surface area (Å²) in [5.41, 5.74) is 5.84. The zero-order valence-corrected chi connectivity index (χ0v) is 18.3. The van der Waals surface area contributed by atoms with Crippen LogP contribution in [0, 0.1) is 0 Å². The van der Waals surface area contributed by atoms with Crippen LogP contribution in [0.25, 0.3) is 11.0 Å². The minimum Gasteiger partial charge on any atom is -0.395 e. The Labute approximate surface area is 183 Å². The number of nitrogens with one attached hydrogen (secondary N) is 1. The van der Waals surface area contributed by atoms with Gasteiger partial charge in [0, 0.05) is 38.9 Å². The lowest BCUT2D eigenvalue weighted by Gasteiger charge is -2.34. The van der Waals surface area contributed by atoms with Crippen molar-refractivity contribution in [2.24, 2.45) is 0 Å². The van der Waals surface area contributed by atoms with Crippen LogP contribution in [0.15, 0.2) is 36.5 Å². The standard InChI is InChI=1S/C24H32N6O/c1-28-11-13-29(14-12-28)21-9-3-7-19-24(21)27-22(26-19)17-30(15-16-31)20-8-2-5-18-6-4-10-25-23(18)20/h3-4,6-7,9-10,20,31H,2,5,8,11-17H2,1H3,(H,26,27)/t20-/m0/s1. The molecule has 1 fully saturated rings. The van der Waals surface area contributed by atoms with Crippen LogP contribution in [0.2, 0.25) is 0 Å². The predicted molar refractivity (Wildman–Crippen MR) is 123 cm³/mol. The van der Waals surface area contributed by atoms with E-state index in [1.807, 2.05) is 12.3 Å². The van der Waals surface area contributed by atoms with Gasteiger partial charge in [-0.25, -0.2) is 4.98 Å². The quantitative estimate of drug-likeness (QED) is 0.639. The van der Waals surface area contributed by atoms with E-state index in [9.17, 15) is 5.11 Å². The lowest BCUT2D eigenvalue weighted by atomic mass is 9.91. The van der Waals surface area contributed by atoms with E-state index in [0.29, 0.717) is 13.1 Å². The fraction of sp³-hybridized carbons (Fsp3) is 0.500. The summed E-state index contributed by atoms with van der Waals surface area (Å²) in [4.78, 5) is 20.4. The maximum absolute atomic E-state index is 9.77. The Morgan fingerprint density at radius 1 is 1.16 bits per heavy atom. The van der Waals surface area contributed by atoms with Crippen LogP contribution in [0.5, 0.6) is 0 Å². The normalized spacial score (nSPS) is 19.8. The first kappa shape index (κ1) is 20.4. The monoisotopic (exact) mass is 420 g/mol. The van der Waals surface area contributed by atoms with Crippen molar-refractivity contribution in [3.05, 3.63) is 53.6 Å². The number of aryl methyl sites for hydroxylation is 1. The van der Waals surface area contributed by atoms with Crippen molar-refractivity contribution in [3.8, 4) is 0 Å². The number of pyridine rings is 1. The lowest BCUT2D eigenvalue weighted by Crippen LogP contribution is -2.44. The number of fused-ring (bicyclic) bond motifs is 2. The highest BCUT2D eigenvalue weighted by Gasteiger charge is 2.28. The number of benzene rings is 1. The Balaban J connectivity index is 1.42. The molecule has 3 aromatic rings. The third-order valence-electron chi connectivity index (χ3n) is 6.73. The van der Waals surface area contributed by atoms with Crippen molar-refractivity contribution >= 4 is 16.7 Å². The highest BCUT2D eigenvalue weighted by atomic mass is 16.3. The number of hydrogen-bond acceptors (Lipinski definition) is 6. The van der Waals surface area contributed by atoms with E-state index in [1.54, 1.807) is 0 Å². The summed E-state index contributed by atoms with van der Waals surface area (Å²) in [6, 6.07) is 10.9. The Morgan fingerprint density at radius 2 is 2.03 bits per heavy atom. The van der Waals surface area contributed by atoms with Crippen LogP contribution >= 0.6 is 0 Å². The van der Waals surface area contributed by atoms with Crippen LogP contribution in [-0.2, 0) is 13.0 Å². The molecule has 164 valence electrons. The van der Waals surface area contributed by atoms with Gasteiger partial charge in [0.1, 0.15) is 11.3 Å². The number of aromatic nitrogens is 3. The average molecular weight is 421 g/mol. The summed E-state index contributed by atoms with van der Waals surface area (Å²) in [5, 5.41) is 9.77. The Morgan fingerprint density at radius 3 is 2.87 bits per heavy atom. The van der Waals surface area contributed by atoms with Gasteiger partial charge in [0.25, 0.3) is 0 Å². The number of rotatable bonds is 6. The molecule has 1 aliphatic carbocycles. The van der Waals surface area contributed by atoms with Crippen molar-refractivity contribution in [1.29, 1.82) is 0 Å². The molecule has 1 saturated heterocycles. The van der Waals surface area contributed by atoms with E-state index in [4.69, 9.17) is 9.97 Å². The minimum absolute atomic E-state index is 0.130. The Hall–Kier alpha value is -2.48. The largest absolute Gasteiger partial charge is 0.395 e. The van der Waals surface area contributed by atoms with Crippen LogP contribution in [0.3, 0.4) is 0 Å². The van der Waals surface area contributed by atoms with Gasteiger partial charge in [0.05, 0.1) is 36.1 Å². The van der Waals surface area contributed by atoms with Crippen molar-refractivity contribution in [2.45, 2.75) is 31.8 Å². The van der Waals surface area contributed by atoms with Gasteiger partial charge >= 0.3 is 0 Å². The second-order valence-electron chi connectivity index (χ2n) is 8.80. The number of likely N-dealkylation sites (N-methyl/N-ethyl adjacent to an activating group) is 1. The zero-order valence-electron chi connectivity index (χ0n) is 18.3. The molecular weight excluding hydrogens is 388 g/mol. The molecule has 1 atom stereocenters. The molecule has 7 nitrogen and oxygen atoms in total.